The summed E-state index contributed by atoms with van der Waals surface area (Å²) < 4.78 is 12.9. The molecule has 0 unspecified atom stereocenters. The van der Waals surface area contributed by atoms with Crippen LogP contribution in [0.2, 0.25) is 0 Å². The van der Waals surface area contributed by atoms with Gasteiger partial charge in [0.05, 0.1) is 11.2 Å². The first-order chi connectivity index (χ1) is 23.2. The molecule has 238 valence electrons. The van der Waals surface area contributed by atoms with Gasteiger partial charge in [-0.1, -0.05) is 115 Å². The summed E-state index contributed by atoms with van der Waals surface area (Å²) in [5.74, 6) is 0. The van der Waals surface area contributed by atoms with E-state index in [1.807, 2.05) is 0 Å². The van der Waals surface area contributed by atoms with E-state index in [4.69, 9.17) is 9.31 Å². The fourth-order valence-corrected chi connectivity index (χ4v) is 6.46. The SMILES string of the molecule is Cc1ccccc1-c1ccc(B2OC(C)(C)C(C)(C)O2)cc1Cc1ccc(-c2ccc(N(c3ccccc3)c3ccccc3)cc2)cc1. The molecular weight excluding hydrogens is 585 g/mol. The molecule has 3 nitrogen and oxygen atoms in total. The van der Waals surface area contributed by atoms with Gasteiger partial charge in [0.25, 0.3) is 0 Å². The van der Waals surface area contributed by atoms with Crippen LogP contribution in [0.15, 0.2) is 152 Å². The minimum Gasteiger partial charge on any atom is -0.399 e. The van der Waals surface area contributed by atoms with Gasteiger partial charge in [-0.25, -0.2) is 0 Å². The third-order valence-electron chi connectivity index (χ3n) is 9.93. The van der Waals surface area contributed by atoms with E-state index in [2.05, 4.69) is 191 Å². The van der Waals surface area contributed by atoms with Crippen molar-refractivity contribution < 1.29 is 9.31 Å². The molecule has 1 heterocycles. The number of nitrogens with zero attached hydrogens (tertiary/aromatic N) is 1. The lowest BCUT2D eigenvalue weighted by Gasteiger charge is -2.32. The third kappa shape index (κ3) is 6.34. The number of benzene rings is 6. The van der Waals surface area contributed by atoms with Crippen molar-refractivity contribution >= 4 is 29.6 Å². The quantitative estimate of drug-likeness (QED) is 0.157. The van der Waals surface area contributed by atoms with E-state index >= 15 is 0 Å². The summed E-state index contributed by atoms with van der Waals surface area (Å²) in [6.07, 6.45) is 0.805. The van der Waals surface area contributed by atoms with Crippen LogP contribution in [-0.2, 0) is 15.7 Å². The lowest BCUT2D eigenvalue weighted by atomic mass is 9.76. The van der Waals surface area contributed by atoms with Crippen molar-refractivity contribution in [3.63, 3.8) is 0 Å². The molecule has 4 heteroatoms. The highest BCUT2D eigenvalue weighted by Gasteiger charge is 2.51. The average Bonchev–Trinajstić information content (AvgIpc) is 3.33. The Kier molecular flexibility index (Phi) is 8.55. The maximum Gasteiger partial charge on any atom is 0.494 e. The van der Waals surface area contributed by atoms with E-state index in [-0.39, 0.29) is 11.2 Å². The van der Waals surface area contributed by atoms with Crippen molar-refractivity contribution in [1.29, 1.82) is 0 Å². The third-order valence-corrected chi connectivity index (χ3v) is 9.93. The molecule has 1 fully saturated rings. The highest BCUT2D eigenvalue weighted by atomic mass is 16.7. The Morgan fingerprint density at radius 1 is 0.521 bits per heavy atom. The Balaban J connectivity index is 1.16. The van der Waals surface area contributed by atoms with Gasteiger partial charge in [0.2, 0.25) is 0 Å². The Morgan fingerprint density at radius 3 is 1.58 bits per heavy atom. The van der Waals surface area contributed by atoms with Crippen molar-refractivity contribution in [2.45, 2.75) is 52.2 Å². The molecule has 0 spiro atoms. The largest absolute Gasteiger partial charge is 0.494 e. The van der Waals surface area contributed by atoms with Crippen LogP contribution in [0.1, 0.15) is 44.4 Å². The molecule has 0 aliphatic carbocycles. The second kappa shape index (κ2) is 13.0. The lowest BCUT2D eigenvalue weighted by molar-refractivity contribution is 0.00578. The van der Waals surface area contributed by atoms with Gasteiger partial charge in [-0.15, -0.1) is 0 Å². The number of rotatable bonds is 8. The molecule has 48 heavy (non-hydrogen) atoms. The fourth-order valence-electron chi connectivity index (χ4n) is 6.46. The first-order valence-corrected chi connectivity index (χ1v) is 16.8. The number of hydrogen-bond donors (Lipinski definition) is 0. The van der Waals surface area contributed by atoms with Crippen LogP contribution in [0, 0.1) is 6.92 Å². The van der Waals surface area contributed by atoms with Gasteiger partial charge in [0.1, 0.15) is 0 Å². The second-order valence-electron chi connectivity index (χ2n) is 13.7. The predicted octanol–water partition coefficient (Wildman–Crippen LogP) is 10.7. The van der Waals surface area contributed by atoms with Gasteiger partial charge < -0.3 is 14.2 Å². The molecule has 0 N–H and O–H groups in total. The second-order valence-corrected chi connectivity index (χ2v) is 13.7. The highest BCUT2D eigenvalue weighted by Crippen LogP contribution is 2.38. The van der Waals surface area contributed by atoms with Gasteiger partial charge in [0, 0.05) is 17.1 Å². The van der Waals surface area contributed by atoms with E-state index in [1.165, 1.54) is 38.9 Å². The minimum atomic E-state index is -0.398. The summed E-state index contributed by atoms with van der Waals surface area (Å²) in [4.78, 5) is 2.29. The smallest absolute Gasteiger partial charge is 0.399 e. The Labute approximate surface area is 286 Å². The van der Waals surface area contributed by atoms with E-state index in [0.29, 0.717) is 0 Å². The van der Waals surface area contributed by atoms with Crippen LogP contribution >= 0.6 is 0 Å². The van der Waals surface area contributed by atoms with Gasteiger partial charge in [-0.2, -0.15) is 0 Å². The number of hydrogen-bond acceptors (Lipinski definition) is 3. The highest BCUT2D eigenvalue weighted by molar-refractivity contribution is 6.62. The molecule has 1 aliphatic rings. The molecule has 0 amide bonds. The van der Waals surface area contributed by atoms with Crippen molar-refractivity contribution in [3.05, 3.63) is 168 Å². The van der Waals surface area contributed by atoms with Crippen LogP contribution in [-0.4, -0.2) is 18.3 Å². The maximum absolute atomic E-state index is 6.44. The zero-order chi connectivity index (χ0) is 33.3. The first-order valence-electron chi connectivity index (χ1n) is 16.8. The molecule has 6 aromatic carbocycles. The van der Waals surface area contributed by atoms with Crippen LogP contribution in [0.3, 0.4) is 0 Å². The average molecular weight is 628 g/mol. The Bertz CT molecular complexity index is 1950. The standard InChI is InChI=1S/C44H42BNO2/c1-32-14-12-13-19-41(32)42-29-26-37(45-47-43(2,3)44(4,5)48-45)31-36(42)30-33-20-22-34(23-21-33)35-24-27-40(28-25-35)46(38-15-8-6-9-16-38)39-17-10-7-11-18-39/h6-29,31H,30H2,1-5H3. The lowest BCUT2D eigenvalue weighted by Crippen LogP contribution is -2.41. The molecule has 0 atom stereocenters. The monoisotopic (exact) mass is 627 g/mol. The van der Waals surface area contributed by atoms with E-state index in [0.717, 1.165) is 28.9 Å². The van der Waals surface area contributed by atoms with Gasteiger partial charge >= 0.3 is 7.12 Å². The van der Waals surface area contributed by atoms with Crippen molar-refractivity contribution in [3.8, 4) is 22.3 Å². The summed E-state index contributed by atoms with van der Waals surface area (Å²) in [5, 5.41) is 0. The Hall–Kier alpha value is -4.90. The molecule has 0 aromatic heterocycles. The first kappa shape index (κ1) is 31.7. The van der Waals surface area contributed by atoms with E-state index in [1.54, 1.807) is 0 Å². The van der Waals surface area contributed by atoms with Gasteiger partial charge in [0.15, 0.2) is 0 Å². The normalized spacial score (nSPS) is 15.0. The van der Waals surface area contributed by atoms with Crippen LogP contribution < -0.4 is 10.4 Å². The number of aryl methyl sites for hydroxylation is 1. The predicted molar refractivity (Wildman–Crippen MR) is 202 cm³/mol. The van der Waals surface area contributed by atoms with Crippen LogP contribution in [0.5, 0.6) is 0 Å². The molecule has 0 radical (unpaired) electrons. The molecule has 1 saturated heterocycles. The maximum atomic E-state index is 6.44. The summed E-state index contributed by atoms with van der Waals surface area (Å²) in [6, 6.07) is 54.2. The van der Waals surface area contributed by atoms with Crippen molar-refractivity contribution in [2.75, 3.05) is 4.90 Å². The summed E-state index contributed by atoms with van der Waals surface area (Å²) in [6.45, 7) is 10.6. The molecule has 7 rings (SSSR count). The fraction of sp³-hybridized carbons (Fsp3) is 0.182. The van der Waals surface area contributed by atoms with Crippen molar-refractivity contribution in [1.82, 2.24) is 0 Å². The molecule has 1 aliphatic heterocycles. The van der Waals surface area contributed by atoms with Crippen molar-refractivity contribution in [2.24, 2.45) is 0 Å². The number of anilines is 3. The van der Waals surface area contributed by atoms with E-state index in [9.17, 15) is 0 Å². The van der Waals surface area contributed by atoms with E-state index < -0.39 is 7.12 Å². The van der Waals surface area contributed by atoms with Gasteiger partial charge in [-0.05, 0) is 122 Å². The zero-order valence-electron chi connectivity index (χ0n) is 28.5. The Morgan fingerprint density at radius 2 is 1.02 bits per heavy atom. The molecule has 0 bridgehead atoms. The van der Waals surface area contributed by atoms with Crippen LogP contribution in [0.4, 0.5) is 17.1 Å². The summed E-state index contributed by atoms with van der Waals surface area (Å²) in [5.41, 5.74) is 12.3. The molecule has 6 aromatic rings. The van der Waals surface area contributed by atoms with Gasteiger partial charge in [-0.3, -0.25) is 0 Å². The number of para-hydroxylation sites is 2. The summed E-state index contributed by atoms with van der Waals surface area (Å²) >= 11 is 0. The zero-order valence-corrected chi connectivity index (χ0v) is 28.5. The minimum absolute atomic E-state index is 0.387. The molecule has 0 saturated carbocycles. The summed E-state index contributed by atoms with van der Waals surface area (Å²) in [7, 11) is -0.398. The topological polar surface area (TPSA) is 21.7 Å². The molecular formula is C44H42BNO2. The van der Waals surface area contributed by atoms with Crippen LogP contribution in [0.25, 0.3) is 22.3 Å².